The quantitative estimate of drug-likeness (QED) is 0.469. The van der Waals surface area contributed by atoms with Crippen molar-refractivity contribution in [2.24, 2.45) is 0 Å². The van der Waals surface area contributed by atoms with E-state index in [1.54, 1.807) is 0 Å². The zero-order valence-electron chi connectivity index (χ0n) is 20.4. The molecule has 0 radical (unpaired) electrons. The number of benzene rings is 2. The number of phenols is 1. The average molecular weight is 429 g/mol. The van der Waals surface area contributed by atoms with Crippen LogP contribution in [0.5, 0.6) is 5.75 Å². The molecule has 2 N–H and O–H groups in total. The van der Waals surface area contributed by atoms with E-state index in [0.717, 1.165) is 41.5 Å². The molecule has 2 atom stereocenters. The number of phenolic OH excluding ortho intramolecular Hbond substituents is 1. The van der Waals surface area contributed by atoms with Crippen LogP contribution in [0.1, 0.15) is 95.5 Å². The Morgan fingerprint density at radius 2 is 1.53 bits per heavy atom. The Labute approximate surface area is 185 Å². The van der Waals surface area contributed by atoms with Gasteiger partial charge in [0.1, 0.15) is 5.75 Å². The van der Waals surface area contributed by atoms with Gasteiger partial charge in [-0.25, -0.2) is 0 Å². The zero-order valence-corrected chi connectivity index (χ0v) is 21.4. The molecule has 0 bridgehead atoms. The number of hydrogen-bond donors (Lipinski definition) is 2. The molecule has 0 heterocycles. The first-order valence-electron chi connectivity index (χ1n) is 11.2. The summed E-state index contributed by atoms with van der Waals surface area (Å²) in [6, 6.07) is 10.8. The number of hydrogen-bond acceptors (Lipinski definition) is 2. The minimum atomic E-state index is -0.898. The van der Waals surface area contributed by atoms with E-state index >= 15 is 0 Å². The normalized spacial score (nSPS) is 15.0. The molecule has 2 rings (SSSR count). The number of rotatable bonds is 7. The highest BCUT2D eigenvalue weighted by Crippen LogP contribution is 2.50. The van der Waals surface area contributed by atoms with Crippen LogP contribution in [0.4, 0.5) is 0 Å². The van der Waals surface area contributed by atoms with Crippen molar-refractivity contribution in [1.82, 2.24) is 0 Å². The average Bonchev–Trinajstić information content (AvgIpc) is 2.61. The minimum absolute atomic E-state index is 0.0180. The van der Waals surface area contributed by atoms with E-state index < -0.39 is 5.60 Å². The second kappa shape index (κ2) is 9.01. The smallest absolute Gasteiger partial charge is 0.122 e. The van der Waals surface area contributed by atoms with Gasteiger partial charge in [-0.1, -0.05) is 91.9 Å². The van der Waals surface area contributed by atoms with Gasteiger partial charge in [0.05, 0.1) is 5.60 Å². The fourth-order valence-electron chi connectivity index (χ4n) is 4.00. The third kappa shape index (κ3) is 5.65. The van der Waals surface area contributed by atoms with Crippen LogP contribution in [0.2, 0.25) is 0 Å². The van der Waals surface area contributed by atoms with Gasteiger partial charge in [-0.3, -0.25) is 0 Å². The first kappa shape index (κ1) is 24.9. The van der Waals surface area contributed by atoms with Crippen LogP contribution in [0.3, 0.4) is 0 Å². The van der Waals surface area contributed by atoms with E-state index in [2.05, 4.69) is 71.9 Å². The van der Waals surface area contributed by atoms with Crippen LogP contribution in [0.15, 0.2) is 30.3 Å². The van der Waals surface area contributed by atoms with E-state index in [1.807, 2.05) is 20.8 Å². The molecule has 0 aliphatic heterocycles. The molecule has 2 nitrogen and oxygen atoms in total. The van der Waals surface area contributed by atoms with Crippen molar-refractivity contribution < 1.29 is 10.2 Å². The molecule has 2 aromatic rings. The highest BCUT2D eigenvalue weighted by atomic mass is 31.1. The van der Waals surface area contributed by atoms with E-state index in [4.69, 9.17) is 0 Å². The van der Waals surface area contributed by atoms with E-state index in [1.165, 1.54) is 10.9 Å². The molecule has 0 spiro atoms. The van der Waals surface area contributed by atoms with Crippen molar-refractivity contribution in [1.29, 1.82) is 0 Å². The van der Waals surface area contributed by atoms with E-state index in [9.17, 15) is 10.2 Å². The Bertz CT molecular complexity index is 887. The molecule has 3 heteroatoms. The fraction of sp³-hybridized carbons (Fsp3) is 0.556. The topological polar surface area (TPSA) is 40.5 Å². The number of aryl methyl sites for hydroxylation is 2. The van der Waals surface area contributed by atoms with Crippen LogP contribution in [-0.2, 0) is 16.2 Å². The van der Waals surface area contributed by atoms with Gasteiger partial charge in [0.25, 0.3) is 0 Å². The summed E-state index contributed by atoms with van der Waals surface area (Å²) in [5.41, 5.74) is 4.51. The van der Waals surface area contributed by atoms with E-state index in [0.29, 0.717) is 14.3 Å². The maximum atomic E-state index is 11.1. The second-order valence-corrected chi connectivity index (χ2v) is 12.5. The van der Waals surface area contributed by atoms with Crippen LogP contribution < -0.4 is 5.30 Å². The lowest BCUT2D eigenvalue weighted by Crippen LogP contribution is -2.27. The zero-order chi connectivity index (χ0) is 22.9. The summed E-state index contributed by atoms with van der Waals surface area (Å²) in [5, 5.41) is 23.0. The largest absolute Gasteiger partial charge is 0.507 e. The van der Waals surface area contributed by atoms with Crippen molar-refractivity contribution >= 4 is 13.9 Å². The molecule has 0 aliphatic rings. The van der Waals surface area contributed by atoms with Crippen LogP contribution >= 0.6 is 8.58 Å². The Morgan fingerprint density at radius 3 is 2.07 bits per heavy atom. The standard InChI is InChI=1S/C27H41O2P/c1-10-11-14-27(9,22-17-20(25(4,5)6)16-19(3)24(22)28)30-23-13-12-18(2)15-21(23)26(7,8)29/h12-13,15-17,28-30H,10-11,14H2,1-9H3. The van der Waals surface area contributed by atoms with E-state index in [-0.39, 0.29) is 10.6 Å². The van der Waals surface area contributed by atoms with Crippen molar-refractivity contribution in [3.8, 4) is 5.75 Å². The van der Waals surface area contributed by atoms with Gasteiger partial charge in [-0.05, 0) is 61.5 Å². The first-order chi connectivity index (χ1) is 13.7. The van der Waals surface area contributed by atoms with Crippen LogP contribution in [-0.4, -0.2) is 10.2 Å². The van der Waals surface area contributed by atoms with Crippen molar-refractivity contribution in [2.75, 3.05) is 0 Å². The number of aliphatic hydroxyl groups is 1. The molecule has 0 saturated heterocycles. The Kier molecular flexibility index (Phi) is 7.48. The molecule has 0 aromatic heterocycles. The summed E-state index contributed by atoms with van der Waals surface area (Å²) in [5.74, 6) is 0.422. The van der Waals surface area contributed by atoms with Crippen molar-refractivity contribution in [3.05, 3.63) is 58.1 Å². The molecule has 2 unspecified atom stereocenters. The Morgan fingerprint density at radius 1 is 0.900 bits per heavy atom. The molecule has 0 fully saturated rings. The highest BCUT2D eigenvalue weighted by Gasteiger charge is 2.33. The Hall–Kier alpha value is -1.37. The minimum Gasteiger partial charge on any atom is -0.507 e. The summed E-state index contributed by atoms with van der Waals surface area (Å²) < 4.78 is 0. The second-order valence-electron chi connectivity index (χ2n) is 10.6. The Balaban J connectivity index is 2.68. The van der Waals surface area contributed by atoms with Gasteiger partial charge in [-0.15, -0.1) is 0 Å². The molecule has 2 aromatic carbocycles. The molecule has 0 aliphatic carbocycles. The van der Waals surface area contributed by atoms with Gasteiger partial charge in [-0.2, -0.15) is 0 Å². The van der Waals surface area contributed by atoms with Crippen molar-refractivity contribution in [2.45, 2.75) is 97.7 Å². The molecule has 166 valence electrons. The highest BCUT2D eigenvalue weighted by molar-refractivity contribution is 7.48. The lowest BCUT2D eigenvalue weighted by Gasteiger charge is -2.35. The molecular formula is C27H41O2P. The fourth-order valence-corrected chi connectivity index (χ4v) is 5.90. The maximum Gasteiger partial charge on any atom is 0.122 e. The molecule has 0 amide bonds. The predicted molar refractivity (Wildman–Crippen MR) is 133 cm³/mol. The van der Waals surface area contributed by atoms with Gasteiger partial charge >= 0.3 is 0 Å². The van der Waals surface area contributed by atoms with Crippen molar-refractivity contribution in [3.63, 3.8) is 0 Å². The number of unbranched alkanes of at least 4 members (excludes halogenated alkanes) is 1. The van der Waals surface area contributed by atoms with Gasteiger partial charge in [0.2, 0.25) is 0 Å². The number of aromatic hydroxyl groups is 1. The summed E-state index contributed by atoms with van der Waals surface area (Å²) >= 11 is 0. The lowest BCUT2D eigenvalue weighted by molar-refractivity contribution is 0.0796. The maximum absolute atomic E-state index is 11.1. The van der Waals surface area contributed by atoms with Gasteiger partial charge in [0, 0.05) is 10.7 Å². The monoisotopic (exact) mass is 428 g/mol. The summed E-state index contributed by atoms with van der Waals surface area (Å²) in [6.07, 6.45) is 3.22. The summed E-state index contributed by atoms with van der Waals surface area (Å²) in [6.45, 7) is 19.0. The molecular weight excluding hydrogens is 387 g/mol. The summed E-state index contributed by atoms with van der Waals surface area (Å²) in [4.78, 5) is 0. The first-order valence-corrected chi connectivity index (χ1v) is 12.2. The lowest BCUT2D eigenvalue weighted by atomic mass is 9.82. The summed E-state index contributed by atoms with van der Waals surface area (Å²) in [7, 11) is 0.457. The molecule has 30 heavy (non-hydrogen) atoms. The molecule has 0 saturated carbocycles. The van der Waals surface area contributed by atoms with Crippen LogP contribution in [0.25, 0.3) is 0 Å². The third-order valence-corrected chi connectivity index (χ3v) is 7.81. The predicted octanol–water partition coefficient (Wildman–Crippen LogP) is 6.94. The SMILES string of the molecule is CCCCC(C)(Pc1ccc(C)cc1C(C)(C)O)c1cc(C(C)(C)C)cc(C)c1O. The van der Waals surface area contributed by atoms with Gasteiger partial charge < -0.3 is 10.2 Å². The van der Waals surface area contributed by atoms with Crippen LogP contribution in [0, 0.1) is 13.8 Å². The third-order valence-electron chi connectivity index (χ3n) is 6.04. The van der Waals surface area contributed by atoms with Gasteiger partial charge in [0.15, 0.2) is 0 Å².